The maximum atomic E-state index is 14.3. The summed E-state index contributed by atoms with van der Waals surface area (Å²) >= 11 is 6.11. The van der Waals surface area contributed by atoms with Gasteiger partial charge in [0.1, 0.15) is 11.6 Å². The Balaban J connectivity index is 1.35. The molecule has 1 N–H and O–H groups in total. The predicted molar refractivity (Wildman–Crippen MR) is 129 cm³/mol. The average Bonchev–Trinajstić information content (AvgIpc) is 3.29. The second kappa shape index (κ2) is 9.75. The molecular weight excluding hydrogens is 552 g/mol. The minimum atomic E-state index is -4.57. The van der Waals surface area contributed by atoms with Gasteiger partial charge in [0.05, 0.1) is 17.0 Å². The van der Waals surface area contributed by atoms with Crippen molar-refractivity contribution in [2.45, 2.75) is 36.4 Å². The Hall–Kier alpha value is -3.36. The Morgan fingerprint density at radius 3 is 2.39 bits per heavy atom. The molecule has 2 aromatic heterocycles. The predicted octanol–water partition coefficient (Wildman–Crippen LogP) is 3.94. The van der Waals surface area contributed by atoms with Gasteiger partial charge in [0, 0.05) is 29.6 Å². The van der Waals surface area contributed by atoms with Gasteiger partial charge in [-0.2, -0.15) is 17.5 Å². The SMILES string of the molecule is O=c1[nH]c(C2CCN(S(=O)(=O)c3ccc(C(F)(F)F)cc3)CC2)nc2c1nnn2Cc1c(F)cccc1Cl. The van der Waals surface area contributed by atoms with E-state index in [0.29, 0.717) is 18.7 Å². The molecule has 1 aliphatic heterocycles. The van der Waals surface area contributed by atoms with Gasteiger partial charge in [-0.15, -0.1) is 5.10 Å². The molecule has 0 amide bonds. The summed E-state index contributed by atoms with van der Waals surface area (Å²) in [5.74, 6) is -0.559. The first-order valence-electron chi connectivity index (χ1n) is 11.4. The highest BCUT2D eigenvalue weighted by molar-refractivity contribution is 7.89. The third-order valence-electron chi connectivity index (χ3n) is 6.42. The lowest BCUT2D eigenvalue weighted by atomic mass is 9.97. The number of aromatic nitrogens is 5. The summed E-state index contributed by atoms with van der Waals surface area (Å²) < 4.78 is 81.2. The number of hydrogen-bond donors (Lipinski definition) is 1. The number of alkyl halides is 3. The standard InChI is InChI=1S/C23H19ClF4N6O3S/c24-17-2-1-3-18(25)16(17)12-34-21-19(31-32-34)22(35)30-20(29-21)13-8-10-33(11-9-13)38(36,37)15-6-4-14(5-7-15)23(26,27)28/h1-7,13H,8-12H2,(H,29,30,35). The van der Waals surface area contributed by atoms with Crippen LogP contribution in [0.15, 0.2) is 52.2 Å². The van der Waals surface area contributed by atoms with Crippen LogP contribution in [0.1, 0.15) is 35.7 Å². The van der Waals surface area contributed by atoms with E-state index >= 15 is 0 Å². The van der Waals surface area contributed by atoms with Crippen LogP contribution in [0.5, 0.6) is 0 Å². The van der Waals surface area contributed by atoms with E-state index in [0.717, 1.165) is 24.3 Å². The normalized spacial score (nSPS) is 15.8. The topological polar surface area (TPSA) is 114 Å². The molecule has 3 heterocycles. The fourth-order valence-electron chi connectivity index (χ4n) is 4.35. The molecule has 0 spiro atoms. The Morgan fingerprint density at radius 2 is 1.76 bits per heavy atom. The van der Waals surface area contributed by atoms with Crippen LogP contribution in [0.4, 0.5) is 17.6 Å². The largest absolute Gasteiger partial charge is 0.416 e. The molecule has 4 aromatic rings. The first-order valence-corrected chi connectivity index (χ1v) is 13.2. The van der Waals surface area contributed by atoms with Crippen molar-refractivity contribution in [3.63, 3.8) is 0 Å². The summed E-state index contributed by atoms with van der Waals surface area (Å²) in [5, 5.41) is 7.94. The second-order valence-corrected chi connectivity index (χ2v) is 11.1. The molecular formula is C23H19ClF4N6O3S. The molecule has 1 aliphatic rings. The Kier molecular flexibility index (Phi) is 6.73. The van der Waals surface area contributed by atoms with Crippen LogP contribution in [0.3, 0.4) is 0 Å². The maximum Gasteiger partial charge on any atom is 0.416 e. The molecule has 0 bridgehead atoms. The molecule has 200 valence electrons. The van der Waals surface area contributed by atoms with Gasteiger partial charge in [-0.25, -0.2) is 22.5 Å². The average molecular weight is 571 g/mol. The molecule has 0 radical (unpaired) electrons. The third kappa shape index (κ3) is 4.90. The summed E-state index contributed by atoms with van der Waals surface area (Å²) in [6, 6.07) is 7.58. The second-order valence-electron chi connectivity index (χ2n) is 8.77. The Morgan fingerprint density at radius 1 is 1.08 bits per heavy atom. The van der Waals surface area contributed by atoms with Crippen LogP contribution in [-0.4, -0.2) is 50.8 Å². The van der Waals surface area contributed by atoms with E-state index in [-0.39, 0.29) is 52.2 Å². The number of sulfonamides is 1. The quantitative estimate of drug-likeness (QED) is 0.364. The monoisotopic (exact) mass is 570 g/mol. The summed E-state index contributed by atoms with van der Waals surface area (Å²) in [6.07, 6.45) is -3.97. The first-order chi connectivity index (χ1) is 17.9. The smallest absolute Gasteiger partial charge is 0.308 e. The molecule has 5 rings (SSSR count). The molecule has 0 atom stereocenters. The van der Waals surface area contributed by atoms with Crippen molar-refractivity contribution in [1.29, 1.82) is 0 Å². The van der Waals surface area contributed by atoms with Crippen molar-refractivity contribution < 1.29 is 26.0 Å². The molecule has 1 fully saturated rings. The number of H-pyrrole nitrogens is 1. The fourth-order valence-corrected chi connectivity index (χ4v) is 6.04. The summed E-state index contributed by atoms with van der Waals surface area (Å²) in [7, 11) is -4.01. The van der Waals surface area contributed by atoms with Crippen molar-refractivity contribution in [2.75, 3.05) is 13.1 Å². The van der Waals surface area contributed by atoms with Crippen LogP contribution in [0.2, 0.25) is 5.02 Å². The highest BCUT2D eigenvalue weighted by atomic mass is 35.5. The lowest BCUT2D eigenvalue weighted by molar-refractivity contribution is -0.137. The van der Waals surface area contributed by atoms with Crippen molar-refractivity contribution in [3.8, 4) is 0 Å². The van der Waals surface area contributed by atoms with E-state index in [9.17, 15) is 30.8 Å². The van der Waals surface area contributed by atoms with Gasteiger partial charge in [0.2, 0.25) is 10.0 Å². The summed E-state index contributed by atoms with van der Waals surface area (Å²) in [5.41, 5.74) is -1.24. The first kappa shape index (κ1) is 26.3. The van der Waals surface area contributed by atoms with E-state index in [1.54, 1.807) is 0 Å². The molecule has 0 saturated carbocycles. The third-order valence-corrected chi connectivity index (χ3v) is 8.69. The van der Waals surface area contributed by atoms with E-state index < -0.39 is 33.1 Å². The zero-order valence-electron chi connectivity index (χ0n) is 19.4. The van der Waals surface area contributed by atoms with E-state index in [1.807, 2.05) is 0 Å². The van der Waals surface area contributed by atoms with Gasteiger partial charge in [-0.05, 0) is 49.2 Å². The molecule has 9 nitrogen and oxygen atoms in total. The van der Waals surface area contributed by atoms with E-state index in [2.05, 4.69) is 20.3 Å². The number of aromatic amines is 1. The van der Waals surface area contributed by atoms with Gasteiger partial charge >= 0.3 is 6.18 Å². The molecule has 38 heavy (non-hydrogen) atoms. The van der Waals surface area contributed by atoms with Crippen LogP contribution in [-0.2, 0) is 22.7 Å². The molecule has 1 saturated heterocycles. The van der Waals surface area contributed by atoms with Crippen LogP contribution < -0.4 is 5.56 Å². The number of nitrogens with one attached hydrogen (secondary N) is 1. The van der Waals surface area contributed by atoms with E-state index in [1.165, 1.54) is 27.2 Å². The van der Waals surface area contributed by atoms with Gasteiger partial charge in [0.25, 0.3) is 5.56 Å². The van der Waals surface area contributed by atoms with Crippen LogP contribution >= 0.6 is 11.6 Å². The highest BCUT2D eigenvalue weighted by Crippen LogP contribution is 2.32. The zero-order chi connectivity index (χ0) is 27.2. The minimum absolute atomic E-state index is 0.0384. The van der Waals surface area contributed by atoms with Gasteiger partial charge < -0.3 is 4.98 Å². The summed E-state index contributed by atoms with van der Waals surface area (Å²) in [6.45, 7) is 0.0257. The van der Waals surface area contributed by atoms with Crippen molar-refractivity contribution >= 4 is 32.8 Å². The van der Waals surface area contributed by atoms with Crippen LogP contribution in [0.25, 0.3) is 11.2 Å². The molecule has 15 heteroatoms. The molecule has 0 aliphatic carbocycles. The molecule has 2 aromatic carbocycles. The lowest BCUT2D eigenvalue weighted by Crippen LogP contribution is -2.38. The minimum Gasteiger partial charge on any atom is -0.308 e. The van der Waals surface area contributed by atoms with Gasteiger partial charge in [-0.3, -0.25) is 4.79 Å². The Labute approximate surface area is 218 Å². The Bertz CT molecular complexity index is 1640. The fraction of sp³-hybridized carbons (Fsp3) is 0.304. The van der Waals surface area contributed by atoms with Crippen molar-refractivity contribution in [1.82, 2.24) is 29.3 Å². The lowest BCUT2D eigenvalue weighted by Gasteiger charge is -2.30. The zero-order valence-corrected chi connectivity index (χ0v) is 21.0. The number of hydrogen-bond acceptors (Lipinski definition) is 6. The van der Waals surface area contributed by atoms with E-state index in [4.69, 9.17) is 11.6 Å². The number of nitrogens with zero attached hydrogens (tertiary/aromatic N) is 5. The number of rotatable bonds is 5. The number of fused-ring (bicyclic) bond motifs is 1. The highest BCUT2D eigenvalue weighted by Gasteiger charge is 2.34. The van der Waals surface area contributed by atoms with Crippen LogP contribution in [0, 0.1) is 5.82 Å². The number of halogens is 5. The maximum absolute atomic E-state index is 14.3. The van der Waals surface area contributed by atoms with Gasteiger partial charge in [-0.1, -0.05) is 22.9 Å². The molecule has 0 unspecified atom stereocenters. The number of piperidine rings is 1. The van der Waals surface area contributed by atoms with Crippen molar-refractivity contribution in [3.05, 3.63) is 80.6 Å². The number of benzene rings is 2. The van der Waals surface area contributed by atoms with Gasteiger partial charge in [0.15, 0.2) is 11.2 Å². The summed E-state index contributed by atoms with van der Waals surface area (Å²) in [4.78, 5) is 19.6. The van der Waals surface area contributed by atoms with Crippen molar-refractivity contribution in [2.24, 2.45) is 0 Å².